The molecule has 0 aromatic heterocycles. The maximum absolute atomic E-state index is 0. The van der Waals surface area contributed by atoms with Crippen molar-refractivity contribution in [2.24, 2.45) is 0 Å². The van der Waals surface area contributed by atoms with Gasteiger partial charge in [0.15, 0.2) is 0 Å². The van der Waals surface area contributed by atoms with Crippen molar-refractivity contribution in [1.82, 2.24) is 0 Å². The van der Waals surface area contributed by atoms with Crippen molar-refractivity contribution in [2.75, 3.05) is 0 Å². The predicted octanol–water partition coefficient (Wildman–Crippen LogP) is -2.60. The molecule has 0 aromatic rings. The molecular formula is Mg2Nb2O9Pb2. The van der Waals surface area contributed by atoms with Crippen LogP contribution in [0, 0.1) is 0 Å². The van der Waals surface area contributed by atoms with Crippen molar-refractivity contribution in [3.8, 4) is 0 Å². The van der Waals surface area contributed by atoms with Gasteiger partial charge < -0.3 is 49.3 Å². The minimum atomic E-state index is 0. The minimum Gasteiger partial charge on any atom is -2.00 e. The van der Waals surface area contributed by atoms with Gasteiger partial charge in [0.05, 0.1) is 0 Å². The second-order valence-corrected chi connectivity index (χ2v) is 0. The van der Waals surface area contributed by atoms with Crippen LogP contribution in [0.25, 0.3) is 0 Å². The van der Waals surface area contributed by atoms with Crippen LogP contribution in [0.5, 0.6) is 0 Å². The van der Waals surface area contributed by atoms with E-state index in [1.807, 2.05) is 0 Å². The van der Waals surface area contributed by atoms with Crippen LogP contribution in [-0.4, -0.2) is 101 Å². The average molecular weight is 793 g/mol. The van der Waals surface area contributed by atoms with Crippen molar-refractivity contribution in [3.05, 3.63) is 0 Å². The molecule has 0 bridgehead atoms. The Labute approximate surface area is 191 Å². The molecule has 0 amide bonds. The van der Waals surface area contributed by atoms with Crippen molar-refractivity contribution in [2.45, 2.75) is 0 Å². The zero-order chi connectivity index (χ0) is 0. The fourth-order valence-electron chi connectivity index (χ4n) is 0. The van der Waals surface area contributed by atoms with Gasteiger partial charge in [-0.25, -0.2) is 0 Å². The van der Waals surface area contributed by atoms with Gasteiger partial charge in [-0.1, -0.05) is 0 Å². The number of hydrogen-bond donors (Lipinski definition) is 0. The Morgan fingerprint density at radius 2 is 0.267 bits per heavy atom. The third-order valence-corrected chi connectivity index (χ3v) is 0. The van der Waals surface area contributed by atoms with Gasteiger partial charge in [0.2, 0.25) is 0 Å². The van der Waals surface area contributed by atoms with Crippen molar-refractivity contribution < 1.29 is 94.0 Å². The summed E-state index contributed by atoms with van der Waals surface area (Å²) in [7, 11) is 0. The third-order valence-electron chi connectivity index (χ3n) is 0. The third kappa shape index (κ3) is 249. The molecule has 0 aliphatic carbocycles. The molecule has 0 aliphatic heterocycles. The van der Waals surface area contributed by atoms with Crippen molar-refractivity contribution in [3.63, 3.8) is 0 Å². The maximum Gasteiger partial charge on any atom is 5.00 e. The summed E-state index contributed by atoms with van der Waals surface area (Å²) in [5.41, 5.74) is 0. The van der Waals surface area contributed by atoms with E-state index in [1.54, 1.807) is 0 Å². The molecular weight excluding hydrogens is 793 g/mol. The molecule has 0 spiro atoms. The summed E-state index contributed by atoms with van der Waals surface area (Å²) in [6.07, 6.45) is 0. The Hall–Kier alpha value is 4.50. The van der Waals surface area contributed by atoms with Crippen LogP contribution in [0.3, 0.4) is 0 Å². The van der Waals surface area contributed by atoms with Crippen LogP contribution in [0.4, 0.5) is 0 Å². The molecule has 0 saturated carbocycles. The molecule has 0 aromatic carbocycles. The molecule has 0 rings (SSSR count). The van der Waals surface area contributed by atoms with Crippen LogP contribution in [0.1, 0.15) is 0 Å². The van der Waals surface area contributed by atoms with Gasteiger partial charge in [-0.2, -0.15) is 0 Å². The fraction of sp³-hybridized carbons (Fsp3) is 0. The summed E-state index contributed by atoms with van der Waals surface area (Å²) in [6.45, 7) is 0. The van der Waals surface area contributed by atoms with E-state index in [2.05, 4.69) is 0 Å². The zero-order valence-electron chi connectivity index (χ0n) is 6.98. The van der Waals surface area contributed by atoms with Crippen LogP contribution in [0.15, 0.2) is 0 Å². The van der Waals surface area contributed by atoms with Gasteiger partial charge in [0.1, 0.15) is 0 Å². The van der Waals surface area contributed by atoms with Gasteiger partial charge in [0.25, 0.3) is 0 Å². The Morgan fingerprint density at radius 1 is 0.267 bits per heavy atom. The monoisotopic (exact) mass is 794 g/mol. The summed E-state index contributed by atoms with van der Waals surface area (Å²) in [5, 5.41) is 0. The Kier molecular flexibility index (Phi) is 6160. The SMILES string of the molecule is [Mg+2].[Mg+2].[Nb+5].[Nb+5].[O-2].[O-2].[O-2].[O-2].[O-2].[O-2].[O-2].[O-2].[O-2].[Pb+2].[Pb+2]. The van der Waals surface area contributed by atoms with Gasteiger partial charge in [-0.15, -0.1) is 0 Å². The maximum atomic E-state index is 0. The molecule has 15 heavy (non-hydrogen) atoms. The number of rotatable bonds is 0. The van der Waals surface area contributed by atoms with Gasteiger partial charge in [-0.05, 0) is 0 Å². The number of hydrogen-bond acceptors (Lipinski definition) is 0. The second kappa shape index (κ2) is 280. The summed E-state index contributed by atoms with van der Waals surface area (Å²) in [5.74, 6) is 0. The van der Waals surface area contributed by atoms with E-state index < -0.39 is 0 Å². The van der Waals surface area contributed by atoms with E-state index in [0.717, 1.165) is 0 Å². The first-order valence-corrected chi connectivity index (χ1v) is 0. The van der Waals surface area contributed by atoms with Gasteiger partial charge in [-0.3, -0.25) is 0 Å². The first-order chi connectivity index (χ1) is 0. The molecule has 0 heterocycles. The second-order valence-electron chi connectivity index (χ2n) is 0. The molecule has 0 unspecified atom stereocenters. The first kappa shape index (κ1) is 330. The summed E-state index contributed by atoms with van der Waals surface area (Å²) < 4.78 is 0. The van der Waals surface area contributed by atoms with Gasteiger partial charge in [0, 0.05) is 0 Å². The Bertz CT molecular complexity index is 24.1. The standard InChI is InChI=1S/2Mg.2Nb.9O.2Pb/q2*+2;2*+5;9*-2;2*+2. The molecule has 0 atom stereocenters. The molecule has 4 radical (unpaired) electrons. The molecule has 9 nitrogen and oxygen atoms in total. The van der Waals surface area contributed by atoms with Crippen molar-refractivity contribution in [1.29, 1.82) is 0 Å². The van der Waals surface area contributed by atoms with E-state index in [4.69, 9.17) is 0 Å². The Balaban J connectivity index is 0. The summed E-state index contributed by atoms with van der Waals surface area (Å²) in [6, 6.07) is 0. The molecule has 76 valence electrons. The van der Waals surface area contributed by atoms with E-state index in [9.17, 15) is 0 Å². The minimum absolute atomic E-state index is 0. The van der Waals surface area contributed by atoms with E-state index in [0.29, 0.717) is 0 Å². The fourth-order valence-corrected chi connectivity index (χ4v) is 0. The zero-order valence-corrected chi connectivity index (χ0v) is 22.0. The topological polar surface area (TPSA) is 256 Å². The first-order valence-electron chi connectivity index (χ1n) is 0. The van der Waals surface area contributed by atoms with Crippen LogP contribution in [-0.2, 0) is 94.0 Å². The molecule has 15 heteroatoms. The molecule has 0 fully saturated rings. The largest absolute Gasteiger partial charge is 5.00 e. The van der Waals surface area contributed by atoms with Crippen molar-refractivity contribution >= 4 is 101 Å². The predicted molar refractivity (Wildman–Crippen MR) is 29.2 cm³/mol. The molecule has 0 aliphatic rings. The van der Waals surface area contributed by atoms with E-state index in [-0.39, 0.29) is 195 Å². The Morgan fingerprint density at radius 3 is 0.267 bits per heavy atom. The average Bonchev–Trinajstić information content (AvgIpc) is 0. The van der Waals surface area contributed by atoms with E-state index >= 15 is 0 Å². The van der Waals surface area contributed by atoms with E-state index in [1.165, 1.54) is 0 Å². The molecule has 0 saturated heterocycles. The molecule has 0 N–H and O–H groups in total. The van der Waals surface area contributed by atoms with Gasteiger partial charge >= 0.3 is 145 Å². The quantitative estimate of drug-likeness (QED) is 0.229. The van der Waals surface area contributed by atoms with Crippen LogP contribution >= 0.6 is 0 Å². The van der Waals surface area contributed by atoms with Crippen LogP contribution < -0.4 is 0 Å². The van der Waals surface area contributed by atoms with Crippen LogP contribution in [0.2, 0.25) is 0 Å². The normalized spacial score (nSPS) is 0. The summed E-state index contributed by atoms with van der Waals surface area (Å²) in [4.78, 5) is 0. The summed E-state index contributed by atoms with van der Waals surface area (Å²) >= 11 is 0. The smallest absolute Gasteiger partial charge is 2.00 e.